The lowest BCUT2D eigenvalue weighted by atomic mass is 9.46. The minimum absolute atomic E-state index is 0.331. The number of aliphatic hydroxyl groups is 1. The molecule has 2 nitrogen and oxygen atoms in total. The van der Waals surface area contributed by atoms with Crippen LogP contribution >= 0.6 is 0 Å². The number of ketones is 1. The first kappa shape index (κ1) is 21.6. The van der Waals surface area contributed by atoms with Gasteiger partial charge in [-0.05, 0) is 112 Å². The van der Waals surface area contributed by atoms with Crippen molar-refractivity contribution in [1.82, 2.24) is 0 Å². The van der Waals surface area contributed by atoms with Gasteiger partial charge >= 0.3 is 0 Å². The second-order valence-corrected chi connectivity index (χ2v) is 12.2. The summed E-state index contributed by atoms with van der Waals surface area (Å²) in [5.41, 5.74) is 1.91. The van der Waals surface area contributed by atoms with E-state index in [1.165, 1.54) is 44.9 Å². The third-order valence-corrected chi connectivity index (χ3v) is 10.3. The molecule has 3 saturated carbocycles. The maximum Gasteiger partial charge on any atom is 0.129 e. The van der Waals surface area contributed by atoms with Gasteiger partial charge in [0, 0.05) is 6.42 Å². The van der Waals surface area contributed by atoms with E-state index in [4.69, 9.17) is 0 Å². The van der Waals surface area contributed by atoms with Gasteiger partial charge in [0.05, 0.1) is 5.60 Å². The van der Waals surface area contributed by atoms with E-state index in [2.05, 4.69) is 26.8 Å². The Kier molecular flexibility index (Phi) is 5.59. The molecule has 2 heteroatoms. The Labute approximate surface area is 178 Å². The molecule has 0 amide bonds. The molecular formula is C27H44O2. The van der Waals surface area contributed by atoms with Gasteiger partial charge in [0.2, 0.25) is 0 Å². The molecule has 0 aromatic rings. The summed E-state index contributed by atoms with van der Waals surface area (Å²) in [5.74, 6) is 4.47. The van der Waals surface area contributed by atoms with Gasteiger partial charge < -0.3 is 9.90 Å². The third-order valence-electron chi connectivity index (χ3n) is 10.3. The Morgan fingerprint density at radius 1 is 1.14 bits per heavy atom. The molecular weight excluding hydrogens is 356 g/mol. The highest BCUT2D eigenvalue weighted by Gasteiger charge is 2.59. The fraction of sp³-hybridized carbons (Fsp3) is 0.889. The van der Waals surface area contributed by atoms with E-state index >= 15 is 0 Å². The molecule has 0 aliphatic heterocycles. The van der Waals surface area contributed by atoms with Crippen LogP contribution < -0.4 is 0 Å². The lowest BCUT2D eigenvalue weighted by molar-refractivity contribution is -0.117. The van der Waals surface area contributed by atoms with Gasteiger partial charge in [0.1, 0.15) is 5.78 Å². The van der Waals surface area contributed by atoms with Gasteiger partial charge in [-0.25, -0.2) is 0 Å². The first-order valence-corrected chi connectivity index (χ1v) is 12.5. The molecule has 0 aromatic heterocycles. The molecule has 3 fully saturated rings. The smallest absolute Gasteiger partial charge is 0.129 e. The number of hydrogen-bond acceptors (Lipinski definition) is 2. The molecule has 0 saturated heterocycles. The summed E-state index contributed by atoms with van der Waals surface area (Å²) in [6.07, 6.45) is 15.5. The van der Waals surface area contributed by atoms with Gasteiger partial charge in [-0.15, -0.1) is 0 Å². The largest absolute Gasteiger partial charge is 0.390 e. The summed E-state index contributed by atoms with van der Waals surface area (Å²) in [5, 5.41) is 10.7. The zero-order valence-corrected chi connectivity index (χ0v) is 19.6. The van der Waals surface area contributed by atoms with Crippen LogP contribution in [0.3, 0.4) is 0 Å². The van der Waals surface area contributed by atoms with Gasteiger partial charge in [-0.1, -0.05) is 38.8 Å². The molecule has 164 valence electrons. The number of hydrogen-bond donors (Lipinski definition) is 1. The summed E-state index contributed by atoms with van der Waals surface area (Å²) < 4.78 is 0. The van der Waals surface area contributed by atoms with Crippen LogP contribution in [-0.4, -0.2) is 16.5 Å². The molecule has 4 aliphatic rings. The van der Waals surface area contributed by atoms with Crippen LogP contribution in [0.25, 0.3) is 0 Å². The highest BCUT2D eigenvalue weighted by molar-refractivity contribution is 5.75. The molecule has 4 aliphatic carbocycles. The van der Waals surface area contributed by atoms with Crippen LogP contribution in [-0.2, 0) is 4.79 Å². The fourth-order valence-corrected chi connectivity index (χ4v) is 8.65. The maximum atomic E-state index is 11.4. The van der Waals surface area contributed by atoms with Crippen LogP contribution in [0.15, 0.2) is 11.6 Å². The van der Waals surface area contributed by atoms with E-state index in [1.807, 2.05) is 6.92 Å². The van der Waals surface area contributed by atoms with Gasteiger partial charge in [-0.2, -0.15) is 0 Å². The van der Waals surface area contributed by atoms with Crippen LogP contribution in [0.4, 0.5) is 0 Å². The van der Waals surface area contributed by atoms with Crippen molar-refractivity contribution in [2.45, 2.75) is 111 Å². The summed E-state index contributed by atoms with van der Waals surface area (Å²) in [4.78, 5) is 11.4. The second kappa shape index (κ2) is 7.50. The predicted octanol–water partition coefficient (Wildman–Crippen LogP) is 6.71. The molecule has 1 N–H and O–H groups in total. The minimum atomic E-state index is -0.491. The van der Waals surface area contributed by atoms with E-state index in [0.29, 0.717) is 16.6 Å². The second-order valence-electron chi connectivity index (χ2n) is 12.2. The van der Waals surface area contributed by atoms with E-state index in [9.17, 15) is 9.90 Å². The van der Waals surface area contributed by atoms with Crippen LogP contribution in [0.2, 0.25) is 0 Å². The molecule has 1 unspecified atom stereocenters. The van der Waals surface area contributed by atoms with Crippen molar-refractivity contribution < 1.29 is 9.90 Å². The highest BCUT2D eigenvalue weighted by atomic mass is 16.3. The Morgan fingerprint density at radius 3 is 2.62 bits per heavy atom. The van der Waals surface area contributed by atoms with Gasteiger partial charge in [0.15, 0.2) is 0 Å². The molecule has 0 bridgehead atoms. The van der Waals surface area contributed by atoms with Crippen molar-refractivity contribution >= 4 is 5.78 Å². The van der Waals surface area contributed by atoms with Crippen LogP contribution in [0.5, 0.6) is 0 Å². The lowest BCUT2D eigenvalue weighted by Crippen LogP contribution is -2.52. The Balaban J connectivity index is 1.50. The van der Waals surface area contributed by atoms with Crippen molar-refractivity contribution in [1.29, 1.82) is 0 Å². The molecule has 29 heavy (non-hydrogen) atoms. The lowest BCUT2D eigenvalue weighted by Gasteiger charge is -2.59. The number of allylic oxidation sites excluding steroid dienone is 1. The highest BCUT2D eigenvalue weighted by Crippen LogP contribution is 2.67. The zero-order chi connectivity index (χ0) is 21.0. The van der Waals surface area contributed by atoms with E-state index < -0.39 is 5.60 Å². The Morgan fingerprint density at radius 2 is 1.90 bits per heavy atom. The van der Waals surface area contributed by atoms with Crippen molar-refractivity contribution in [2.24, 2.45) is 40.4 Å². The van der Waals surface area contributed by atoms with Crippen molar-refractivity contribution in [3.05, 3.63) is 11.6 Å². The van der Waals surface area contributed by atoms with Crippen molar-refractivity contribution in [3.8, 4) is 0 Å². The van der Waals surface area contributed by atoms with Gasteiger partial charge in [-0.3, -0.25) is 0 Å². The van der Waals surface area contributed by atoms with E-state index in [-0.39, 0.29) is 0 Å². The standard InChI is InChI=1S/C27H44O2/c1-18(7-6-8-19(2)28)22-11-12-23-21-10-9-20-17-25(3,29)15-16-26(20,4)24(21)13-14-27(22,23)5/h9,18,21-24,29H,6-8,10-17H2,1-5H3/t18-,21?,22-,23+,24+,25+,26+,27-/m1/s1. The van der Waals surface area contributed by atoms with Crippen LogP contribution in [0, 0.1) is 40.4 Å². The average molecular weight is 401 g/mol. The monoisotopic (exact) mass is 400 g/mol. The molecule has 0 heterocycles. The Bertz CT molecular complexity index is 676. The number of rotatable bonds is 5. The summed E-state index contributed by atoms with van der Waals surface area (Å²) in [6, 6.07) is 0. The maximum absolute atomic E-state index is 11.4. The molecule has 0 spiro atoms. The number of carbonyl (C=O) groups is 1. The topological polar surface area (TPSA) is 37.3 Å². The normalized spacial score (nSPS) is 47.6. The Hall–Kier alpha value is -0.630. The third kappa shape index (κ3) is 3.66. The summed E-state index contributed by atoms with van der Waals surface area (Å²) >= 11 is 0. The molecule has 8 atom stereocenters. The molecule has 0 aromatic carbocycles. The fourth-order valence-electron chi connectivity index (χ4n) is 8.65. The first-order chi connectivity index (χ1) is 13.6. The average Bonchev–Trinajstić information content (AvgIpc) is 2.99. The first-order valence-electron chi connectivity index (χ1n) is 12.5. The van der Waals surface area contributed by atoms with E-state index in [0.717, 1.165) is 55.3 Å². The van der Waals surface area contributed by atoms with E-state index in [1.54, 1.807) is 12.5 Å². The van der Waals surface area contributed by atoms with Crippen LogP contribution in [0.1, 0.15) is 105 Å². The zero-order valence-electron chi connectivity index (χ0n) is 19.6. The van der Waals surface area contributed by atoms with Crippen molar-refractivity contribution in [3.63, 3.8) is 0 Å². The number of fused-ring (bicyclic) bond motifs is 5. The van der Waals surface area contributed by atoms with Gasteiger partial charge in [0.25, 0.3) is 0 Å². The quantitative estimate of drug-likeness (QED) is 0.521. The van der Waals surface area contributed by atoms with Crippen molar-refractivity contribution in [2.75, 3.05) is 0 Å². The summed E-state index contributed by atoms with van der Waals surface area (Å²) in [6.45, 7) is 11.4. The number of carbonyl (C=O) groups excluding carboxylic acids is 1. The molecule has 4 rings (SSSR count). The minimum Gasteiger partial charge on any atom is -0.390 e. The molecule has 0 radical (unpaired) electrons. The predicted molar refractivity (Wildman–Crippen MR) is 120 cm³/mol. The SMILES string of the molecule is CC(=O)CCC[C@@H](C)[C@H]1CC[C@H]2C3CC=C4C[C@@](C)(O)CC[C@]4(C)[C@H]3CC[C@]12C. The summed E-state index contributed by atoms with van der Waals surface area (Å²) in [7, 11) is 0. The number of Topliss-reactive ketones (excluding diaryl/α,β-unsaturated/α-hetero) is 1.